The van der Waals surface area contributed by atoms with Crippen LogP contribution in [0.15, 0.2) is 54.6 Å². The zero-order valence-corrected chi connectivity index (χ0v) is 23.5. The summed E-state index contributed by atoms with van der Waals surface area (Å²) in [5, 5.41) is 6.93. The Kier molecular flexibility index (Phi) is 19.7. The van der Waals surface area contributed by atoms with Gasteiger partial charge in [-0.05, 0) is 66.4 Å². The van der Waals surface area contributed by atoms with Gasteiger partial charge in [0.25, 0.3) is 0 Å². The van der Waals surface area contributed by atoms with Gasteiger partial charge in [-0.2, -0.15) is 0 Å². The molecule has 0 spiro atoms. The van der Waals surface area contributed by atoms with Gasteiger partial charge in [-0.3, -0.25) is 0 Å². The number of aliphatic hydroxyl groups is 1. The molecule has 1 aliphatic rings. The molecule has 0 atom stereocenters. The molecule has 5 nitrogen and oxygen atoms in total. The van der Waals surface area contributed by atoms with Crippen LogP contribution in [0.1, 0.15) is 39.8 Å². The van der Waals surface area contributed by atoms with Crippen molar-refractivity contribution in [3.8, 4) is 0 Å². The smallest absolute Gasteiger partial charge is 0.337 e. The van der Waals surface area contributed by atoms with Crippen LogP contribution in [0.3, 0.4) is 0 Å². The molecule has 0 aliphatic carbocycles. The first kappa shape index (κ1) is 33.8. The predicted molar refractivity (Wildman–Crippen MR) is 154 cm³/mol. The molecule has 3 aromatic rings. The molecule has 0 unspecified atom stereocenters. The number of halogens is 8. The van der Waals surface area contributed by atoms with Gasteiger partial charge in [-0.1, -0.05) is 36.5 Å². The molecule has 0 bridgehead atoms. The van der Waals surface area contributed by atoms with Crippen LogP contribution < -0.4 is 0 Å². The molecule has 40 heavy (non-hydrogen) atoms. The van der Waals surface area contributed by atoms with E-state index in [0.717, 1.165) is 55.7 Å². The Labute approximate surface area is 254 Å². The average Bonchev–Trinajstić information content (AvgIpc) is 3.48. The number of hydrogen-bond donors (Lipinski definition) is 1. The molecule has 0 radical (unpaired) electrons. The number of alkyl halides is 1. The van der Waals surface area contributed by atoms with E-state index in [-0.39, 0.29) is 47.6 Å². The first-order chi connectivity index (χ1) is 19.0. The van der Waals surface area contributed by atoms with Gasteiger partial charge in [0.1, 0.15) is 0 Å². The SMILES string of the molecule is Br.C1CCOC1.COC(=O)c1ccc(F)c(F)c1.O.[2H]C([2H])(Br)c1ccc(F)c(F)c1.[2H]C([2H])(O)c1ccc(F)c(F)c1.[BH4-]. The Morgan fingerprint density at radius 1 is 0.850 bits per heavy atom. The number of carbonyl (C=O) groups is 1. The van der Waals surface area contributed by atoms with Crippen LogP contribution in [0.25, 0.3) is 0 Å². The number of hydrogen-bond acceptors (Lipinski definition) is 4. The van der Waals surface area contributed by atoms with Crippen molar-refractivity contribution < 1.29 is 56.7 Å². The highest BCUT2D eigenvalue weighted by Crippen LogP contribution is 2.11. The third-order valence-electron chi connectivity index (χ3n) is 4.25. The van der Waals surface area contributed by atoms with E-state index >= 15 is 0 Å². The number of ether oxygens (including phenoxy) is 2. The summed E-state index contributed by atoms with van der Waals surface area (Å²) in [5.74, 6) is -6.99. The minimum atomic E-state index is -2.63. The first-order valence-corrected chi connectivity index (χ1v) is 11.2. The average molecular weight is 713 g/mol. The minimum Gasteiger partial charge on any atom is -0.465 e. The molecule has 1 heterocycles. The van der Waals surface area contributed by atoms with Gasteiger partial charge in [-0.25, -0.2) is 31.1 Å². The van der Waals surface area contributed by atoms with Gasteiger partial charge in [0.05, 0.1) is 22.0 Å². The number of rotatable bonds is 3. The third-order valence-corrected chi connectivity index (χ3v) is 4.70. The van der Waals surface area contributed by atoms with Crippen LogP contribution in [0.2, 0.25) is 0 Å². The van der Waals surface area contributed by atoms with Crippen molar-refractivity contribution in [2.75, 3.05) is 20.3 Å². The topological polar surface area (TPSA) is 87.3 Å². The molecule has 14 heteroatoms. The Morgan fingerprint density at radius 3 is 1.62 bits per heavy atom. The highest BCUT2D eigenvalue weighted by Gasteiger charge is 2.08. The highest BCUT2D eigenvalue weighted by molar-refractivity contribution is 9.08. The first-order valence-electron chi connectivity index (χ1n) is 12.4. The second-order valence-corrected chi connectivity index (χ2v) is 7.30. The second kappa shape index (κ2) is 23.3. The van der Waals surface area contributed by atoms with Crippen molar-refractivity contribution >= 4 is 47.3 Å². The van der Waals surface area contributed by atoms with E-state index in [1.165, 1.54) is 26.0 Å². The molecule has 0 amide bonds. The summed E-state index contributed by atoms with van der Waals surface area (Å²) in [6.07, 6.45) is 2.56. The molecule has 226 valence electrons. The van der Waals surface area contributed by atoms with Gasteiger partial charge in [0.2, 0.25) is 0 Å². The molecule has 0 aromatic heterocycles. The van der Waals surface area contributed by atoms with Crippen molar-refractivity contribution in [3.05, 3.63) is 106 Å². The summed E-state index contributed by atoms with van der Waals surface area (Å²) >= 11 is 2.69. The summed E-state index contributed by atoms with van der Waals surface area (Å²) in [7, 11) is 1.17. The molecule has 3 N–H and O–H groups in total. The van der Waals surface area contributed by atoms with E-state index < -0.39 is 52.7 Å². The summed E-state index contributed by atoms with van der Waals surface area (Å²) in [6.45, 7) is -0.630. The fraction of sp³-hybridized carbons (Fsp3) is 0.269. The Morgan fingerprint density at radius 2 is 1.27 bits per heavy atom. The molecular formula is C26H32BBr2F6O5-. The van der Waals surface area contributed by atoms with Crippen LogP contribution in [0.4, 0.5) is 26.3 Å². The van der Waals surface area contributed by atoms with Gasteiger partial charge < -0.3 is 20.1 Å². The summed E-state index contributed by atoms with van der Waals surface area (Å²) in [5.41, 5.74) is -0.251. The lowest BCUT2D eigenvalue weighted by Crippen LogP contribution is -2.01. The molecule has 1 aliphatic heterocycles. The monoisotopic (exact) mass is 711 g/mol. The maximum absolute atomic E-state index is 12.5. The number of carbonyl (C=O) groups excluding carboxylic acids is 1. The van der Waals surface area contributed by atoms with Gasteiger partial charge in [0, 0.05) is 21.2 Å². The van der Waals surface area contributed by atoms with Crippen molar-refractivity contribution in [3.63, 3.8) is 0 Å². The fourth-order valence-corrected chi connectivity index (χ4v) is 2.62. The number of methoxy groups -OCH3 is 1. The Bertz CT molecular complexity index is 1230. The maximum Gasteiger partial charge on any atom is 0.337 e. The lowest BCUT2D eigenvalue weighted by Gasteiger charge is -1.98. The fourth-order valence-electron chi connectivity index (χ4n) is 2.37. The molecular weight excluding hydrogens is 677 g/mol. The summed E-state index contributed by atoms with van der Waals surface area (Å²) < 4.78 is 112. The van der Waals surface area contributed by atoms with E-state index in [0.29, 0.717) is 6.07 Å². The van der Waals surface area contributed by atoms with E-state index in [1.54, 1.807) is 0 Å². The van der Waals surface area contributed by atoms with Gasteiger partial charge in [-0.15, -0.1) is 17.0 Å². The largest absolute Gasteiger partial charge is 0.465 e. The molecule has 1 fully saturated rings. The normalized spacial score (nSPS) is 13.0. The van der Waals surface area contributed by atoms with Gasteiger partial charge in [0.15, 0.2) is 34.9 Å². The van der Waals surface area contributed by atoms with Crippen molar-refractivity contribution in [1.82, 2.24) is 0 Å². The van der Waals surface area contributed by atoms with Crippen LogP contribution in [-0.2, 0) is 21.3 Å². The van der Waals surface area contributed by atoms with E-state index in [2.05, 4.69) is 20.7 Å². The Balaban J connectivity index is -0.000000514. The standard InChI is InChI=1S/C8H6F2O2.C7H5BrF2.C7H6F2O.C4H8O.BH4.BrH.H2O/c1-12-8(11)5-2-3-6(9)7(10)4-5;8-4-5-1-2-6(9)7(10)3-5;8-6-2-1-5(4-10)3-7(6)9;1-2-4-5-3-1;;;/h2-4H,1H3;1-3H,4H2;1-3,10H,4H2;1-4H2;1H4;1H;1H2/q;;;;-1;;/i;2*4D2;;;;. The van der Waals surface area contributed by atoms with E-state index in [9.17, 15) is 31.1 Å². The molecule has 0 saturated carbocycles. The highest BCUT2D eigenvalue weighted by atomic mass is 79.9. The maximum atomic E-state index is 12.5. The minimum absolute atomic E-state index is 0. The van der Waals surface area contributed by atoms with E-state index in [4.69, 9.17) is 15.3 Å². The van der Waals surface area contributed by atoms with Crippen LogP contribution in [0.5, 0.6) is 0 Å². The number of esters is 1. The van der Waals surface area contributed by atoms with Crippen molar-refractivity contribution in [1.29, 1.82) is 0 Å². The van der Waals surface area contributed by atoms with Crippen molar-refractivity contribution in [2.45, 2.75) is 24.7 Å². The summed E-state index contributed by atoms with van der Waals surface area (Å²) in [6, 6.07) is 8.10. The van der Waals surface area contributed by atoms with Crippen LogP contribution in [0, 0.1) is 34.9 Å². The molecule has 4 rings (SSSR count). The quantitative estimate of drug-likeness (QED) is 0.176. The zero-order chi connectivity index (χ0) is 31.4. The number of benzene rings is 3. The second-order valence-electron chi connectivity index (χ2n) is 6.90. The third kappa shape index (κ3) is 16.0. The molecule has 3 aromatic carbocycles. The van der Waals surface area contributed by atoms with E-state index in [1.807, 2.05) is 0 Å². The molecule has 1 saturated heterocycles. The lowest BCUT2D eigenvalue weighted by molar-refractivity contribution is 0.0600. The van der Waals surface area contributed by atoms with Crippen LogP contribution in [-0.4, -0.2) is 45.3 Å². The van der Waals surface area contributed by atoms with Gasteiger partial charge >= 0.3 is 5.97 Å². The lowest BCUT2D eigenvalue weighted by atomic mass is 10.2. The predicted octanol–water partition coefficient (Wildman–Crippen LogP) is 5.17. The Hall–Kier alpha value is -2.39. The van der Waals surface area contributed by atoms with Crippen molar-refractivity contribution in [2.24, 2.45) is 0 Å². The summed E-state index contributed by atoms with van der Waals surface area (Å²) in [4.78, 5) is 10.8. The zero-order valence-electron chi connectivity index (χ0n) is 24.3. The van der Waals surface area contributed by atoms with Crippen LogP contribution >= 0.6 is 32.9 Å².